The Balaban J connectivity index is 0.874. The minimum atomic E-state index is -2.20. The van der Waals surface area contributed by atoms with Gasteiger partial charge in [-0.05, 0) is 120 Å². The van der Waals surface area contributed by atoms with E-state index in [1.54, 1.807) is 6.08 Å². The number of ether oxygens (including phenoxy) is 15. The van der Waals surface area contributed by atoms with Crippen LogP contribution in [0.2, 0.25) is 0 Å². The lowest BCUT2D eigenvalue weighted by Gasteiger charge is -2.53. The van der Waals surface area contributed by atoms with Gasteiger partial charge in [-0.1, -0.05) is 18.2 Å². The molecular formula is C75H114O42. The van der Waals surface area contributed by atoms with Crippen molar-refractivity contribution in [3.63, 3.8) is 0 Å². The molecule has 22 N–H and O–H groups in total. The summed E-state index contributed by atoms with van der Waals surface area (Å²) in [6.45, 7) is -1.89. The smallest absolute Gasteiger partial charge is 0.330 e. The summed E-state index contributed by atoms with van der Waals surface area (Å²) in [5.74, 6) is -8.67. The number of esters is 4. The minimum Gasteiger partial charge on any atom is -0.481 e. The van der Waals surface area contributed by atoms with Crippen molar-refractivity contribution in [3.8, 4) is 0 Å². The number of allylic oxidation sites excluding steroid dienone is 3. The van der Waals surface area contributed by atoms with Gasteiger partial charge in [0.25, 0.3) is 0 Å². The van der Waals surface area contributed by atoms with Crippen LogP contribution < -0.4 is 0 Å². The zero-order chi connectivity index (χ0) is 84.7. The van der Waals surface area contributed by atoms with Crippen molar-refractivity contribution in [3.05, 3.63) is 36.5 Å². The second kappa shape index (κ2) is 41.6. The molecule has 6 aliphatic heterocycles. The molecule has 42 heteroatoms. The first-order valence-electron chi connectivity index (χ1n) is 39.9. The highest BCUT2D eigenvalue weighted by atomic mass is 16.8. The van der Waals surface area contributed by atoms with Crippen LogP contribution in [0.15, 0.2) is 36.5 Å². The number of fused-ring (bicyclic) bond motifs is 1. The van der Waals surface area contributed by atoms with Crippen molar-refractivity contribution >= 4 is 29.8 Å². The zero-order valence-corrected chi connectivity index (χ0v) is 63.9. The molecule has 6 saturated heterocycles. The average Bonchev–Trinajstić information content (AvgIpc) is 0.754. The van der Waals surface area contributed by atoms with Gasteiger partial charge in [0.15, 0.2) is 37.6 Å². The highest BCUT2D eigenvalue weighted by Gasteiger charge is 2.58. The Morgan fingerprint density at radius 1 is 0.350 bits per heavy atom. The number of carboxylic acid groups (broad SMARTS) is 1. The monoisotopic (exact) mass is 1690 g/mol. The van der Waals surface area contributed by atoms with E-state index in [0.29, 0.717) is 38.5 Å². The molecule has 0 radical (unpaired) electrons. The SMILES string of the molecule is C[C@@H]1O[C@@H](OC[C@H]2O[C@@H](OC3CC4C(CC(O)CC4O[C@@H]4O[C@H](COC(=O)CC(=O)O)[C@@H](O)[C@H](O)[C@H]4O)OC3C3CC(O[C@@H]4O[C@H](COC(=O)C=CC5CCC(O)C(O)C5)[C@@H](O)[C@H](O)[C@H]4O)C(O)C(O[C@@H]4O[C@H](COC(=O)C=CC5CCC(O)C(O)C5)[C@@H](O)[C@H](O)[C@H]4O)C3)[C@H](O)[C@@H](O)[C@@H]2O)[C@H](O)[C@H](O)[C@H]1OC(=O)C=CC1CCC(O)CC1. The highest BCUT2D eigenvalue weighted by Crippen LogP contribution is 2.47. The predicted molar refractivity (Wildman–Crippen MR) is 378 cm³/mol. The van der Waals surface area contributed by atoms with Crippen LogP contribution in [-0.4, -0.2) is 401 Å². The summed E-state index contributed by atoms with van der Waals surface area (Å²) in [5.41, 5.74) is 0. The number of carbonyl (C=O) groups is 5. The molecule has 666 valence electrons. The van der Waals surface area contributed by atoms with Crippen molar-refractivity contribution in [2.45, 2.75) is 343 Å². The molecule has 5 saturated carbocycles. The topological polar surface area (TPSA) is 669 Å². The first-order chi connectivity index (χ1) is 55.5. The van der Waals surface area contributed by atoms with Crippen molar-refractivity contribution in [2.75, 3.05) is 26.4 Å². The Hall–Kier alpha value is -4.71. The zero-order valence-electron chi connectivity index (χ0n) is 63.9. The van der Waals surface area contributed by atoms with Crippen LogP contribution in [0.1, 0.15) is 110 Å². The number of rotatable bonds is 27. The molecular weight excluding hydrogens is 1570 g/mol. The van der Waals surface area contributed by atoms with Gasteiger partial charge in [0, 0.05) is 30.6 Å². The second-order valence-electron chi connectivity index (χ2n) is 32.6. The van der Waals surface area contributed by atoms with Crippen LogP contribution in [0.4, 0.5) is 0 Å². The highest BCUT2D eigenvalue weighted by molar-refractivity contribution is 5.90. The molecule has 39 atom stereocenters. The summed E-state index contributed by atoms with van der Waals surface area (Å²) in [6.07, 6.45) is -56.6. The van der Waals surface area contributed by atoms with Crippen LogP contribution in [0, 0.1) is 29.6 Å². The molecule has 0 aromatic rings. The minimum absolute atomic E-state index is 0.0255. The van der Waals surface area contributed by atoms with Crippen LogP contribution in [0.25, 0.3) is 0 Å². The van der Waals surface area contributed by atoms with E-state index in [4.69, 9.17) is 76.2 Å². The van der Waals surface area contributed by atoms with E-state index in [9.17, 15) is 131 Å². The van der Waals surface area contributed by atoms with E-state index < -0.39 is 320 Å². The van der Waals surface area contributed by atoms with Gasteiger partial charge >= 0.3 is 29.8 Å². The molecule has 5 aliphatic carbocycles. The fraction of sp³-hybridized carbons (Fsp3) is 0.853. The molecule has 14 unspecified atom stereocenters. The fourth-order valence-corrected chi connectivity index (χ4v) is 17.2. The molecule has 11 rings (SSSR count). The average molecular weight is 1690 g/mol. The summed E-state index contributed by atoms with van der Waals surface area (Å²) in [6, 6.07) is 0. The summed E-state index contributed by atoms with van der Waals surface area (Å²) in [7, 11) is 0. The molecule has 6 heterocycles. The molecule has 0 aromatic heterocycles. The largest absolute Gasteiger partial charge is 0.481 e. The fourth-order valence-electron chi connectivity index (χ4n) is 17.2. The second-order valence-corrected chi connectivity index (χ2v) is 32.6. The summed E-state index contributed by atoms with van der Waals surface area (Å²) in [4.78, 5) is 62.8. The Morgan fingerprint density at radius 2 is 0.761 bits per heavy atom. The third-order valence-corrected chi connectivity index (χ3v) is 24.2. The Kier molecular flexibility index (Phi) is 33.1. The molecule has 0 bridgehead atoms. The molecule has 0 spiro atoms. The lowest BCUT2D eigenvalue weighted by atomic mass is 9.71. The first kappa shape index (κ1) is 93.0. The van der Waals surface area contributed by atoms with Gasteiger partial charge in [-0.15, -0.1) is 0 Å². The van der Waals surface area contributed by atoms with Gasteiger partial charge in [0.1, 0.15) is 142 Å². The molecule has 117 heavy (non-hydrogen) atoms. The third kappa shape index (κ3) is 23.4. The third-order valence-electron chi connectivity index (χ3n) is 24.2. The first-order valence-corrected chi connectivity index (χ1v) is 39.9. The van der Waals surface area contributed by atoms with Crippen molar-refractivity contribution in [1.29, 1.82) is 0 Å². The lowest BCUT2D eigenvalue weighted by molar-refractivity contribution is -0.357. The molecule has 11 fully saturated rings. The maximum atomic E-state index is 13.1. The predicted octanol–water partition coefficient (Wildman–Crippen LogP) is -8.78. The molecule has 0 amide bonds. The van der Waals surface area contributed by atoms with Crippen LogP contribution in [0.3, 0.4) is 0 Å². The number of carbonyl (C=O) groups excluding carboxylic acids is 4. The van der Waals surface area contributed by atoms with Gasteiger partial charge in [0.05, 0.1) is 86.0 Å². The van der Waals surface area contributed by atoms with Crippen molar-refractivity contribution < 1.29 is 207 Å². The van der Waals surface area contributed by atoms with Gasteiger partial charge in [0.2, 0.25) is 0 Å². The number of hydrogen-bond acceptors (Lipinski definition) is 41. The Morgan fingerprint density at radius 3 is 1.22 bits per heavy atom. The number of hydrogen-bond donors (Lipinski definition) is 22. The van der Waals surface area contributed by atoms with E-state index in [1.807, 2.05) is 0 Å². The van der Waals surface area contributed by atoms with Crippen molar-refractivity contribution in [1.82, 2.24) is 0 Å². The maximum absolute atomic E-state index is 13.1. The number of carboxylic acids is 1. The summed E-state index contributed by atoms with van der Waals surface area (Å²) >= 11 is 0. The van der Waals surface area contributed by atoms with E-state index in [2.05, 4.69) is 0 Å². The summed E-state index contributed by atoms with van der Waals surface area (Å²) in [5, 5.41) is 244. The number of aliphatic hydroxyl groups is 21. The number of aliphatic hydroxyl groups excluding tert-OH is 21. The molecule has 11 aliphatic rings. The summed E-state index contributed by atoms with van der Waals surface area (Å²) < 4.78 is 89.8. The van der Waals surface area contributed by atoms with Crippen LogP contribution >= 0.6 is 0 Å². The molecule has 0 aromatic carbocycles. The van der Waals surface area contributed by atoms with E-state index in [1.165, 1.54) is 25.2 Å². The quantitative estimate of drug-likeness (QED) is 0.0157. The van der Waals surface area contributed by atoms with Gasteiger partial charge < -0.3 is 183 Å². The van der Waals surface area contributed by atoms with Crippen LogP contribution in [-0.2, 0) is 95.0 Å². The maximum Gasteiger partial charge on any atom is 0.330 e. The van der Waals surface area contributed by atoms with Gasteiger partial charge in [-0.3, -0.25) is 9.59 Å². The van der Waals surface area contributed by atoms with Gasteiger partial charge in [-0.25, -0.2) is 14.4 Å². The Bertz CT molecular complexity index is 3200. The van der Waals surface area contributed by atoms with Crippen molar-refractivity contribution in [2.24, 2.45) is 29.6 Å². The van der Waals surface area contributed by atoms with E-state index in [-0.39, 0.29) is 62.7 Å². The molecule has 42 nitrogen and oxygen atoms in total. The van der Waals surface area contributed by atoms with Gasteiger partial charge in [-0.2, -0.15) is 0 Å². The Labute approximate surface area is 670 Å². The number of aliphatic carboxylic acids is 1. The van der Waals surface area contributed by atoms with Crippen LogP contribution in [0.5, 0.6) is 0 Å². The van der Waals surface area contributed by atoms with E-state index >= 15 is 0 Å². The normalized spacial score (nSPS) is 47.6. The standard InChI is InChI=1S/C75H114O42/c1-28-69(117-52(86)15-6-29-2-9-33(76)10-3-29)63(97)68(102)71(107-28)106-27-48-58(92)62(96)67(101)75(116-48)112-44-22-35-40(20-34(77)21-41(35)109-72-64(98)59(93)57(91)47(113-72)26-105-53(87)23-49(82)83)108-70(44)32-18-42(110-73-65(99)60(94)55(89)45(114-73)24-103-50(84)13-7-30-4-11-36(78)38(80)16-30)54(88)43(19-32)111-74-66(100)61(95)56(90)46(115-74)25-104-51(85)14-8-31-5-12-37(79)39(81)17-31/h6-8,13-15,28-48,54-81,88-102H,2-5,9-12,16-27H2,1H3,(H,82,83)/t28-,29?,30?,31?,32?,33?,34?,35?,36?,37?,38?,39?,40?,41?,42?,43?,44?,45+,46+,47+,48+,54?,55+,56+,57+,58+,59-,60-,61-,62-,63-,64+,65+,66+,67+,68+,69-,70?,71+,72+,73+,74+,75+/m0/s1. The van der Waals surface area contributed by atoms with E-state index in [0.717, 1.165) is 12.2 Å². The lowest BCUT2D eigenvalue weighted by Crippen LogP contribution is -2.65.